The van der Waals surface area contributed by atoms with Crippen molar-refractivity contribution in [2.24, 2.45) is 0 Å². The molecule has 2 heteroatoms. The van der Waals surface area contributed by atoms with Crippen LogP contribution in [0.4, 0.5) is 0 Å². The summed E-state index contributed by atoms with van der Waals surface area (Å²) in [7, 11) is 0. The van der Waals surface area contributed by atoms with E-state index in [1.54, 1.807) is 18.2 Å². The summed E-state index contributed by atoms with van der Waals surface area (Å²) in [5.74, 6) is 0. The third-order valence-electron chi connectivity index (χ3n) is 0.749. The van der Waals surface area contributed by atoms with Gasteiger partial charge in [0.2, 0.25) is 0 Å². The highest BCUT2D eigenvalue weighted by atomic mass is 16.1. The Labute approximate surface area is 46.8 Å². The summed E-state index contributed by atoms with van der Waals surface area (Å²) in [4.78, 5) is 13.8. The fourth-order valence-electron chi connectivity index (χ4n) is 0.411. The van der Waals surface area contributed by atoms with Crippen LogP contribution >= 0.6 is 0 Å². The minimum Gasteiger partial charge on any atom is -0.267 e. The predicted octanol–water partition coefficient (Wildman–Crippen LogP) is 0.442. The highest BCUT2D eigenvalue weighted by Gasteiger charge is 1.70. The van der Waals surface area contributed by atoms with Gasteiger partial charge in [0.15, 0.2) is 0 Å². The summed E-state index contributed by atoms with van der Waals surface area (Å²) < 4.78 is 0. The van der Waals surface area contributed by atoms with Gasteiger partial charge in [-0.2, -0.15) is 0 Å². The zero-order valence-corrected chi connectivity index (χ0v) is 4.24. The smallest absolute Gasteiger partial charge is 0.267 e. The van der Waals surface area contributed by atoms with Gasteiger partial charge in [-0.15, -0.1) is 0 Å². The van der Waals surface area contributed by atoms with Crippen molar-refractivity contribution in [3.05, 3.63) is 40.8 Å². The van der Waals surface area contributed by atoms with Gasteiger partial charge < -0.3 is 0 Å². The molecule has 0 saturated carbocycles. The first-order chi connectivity index (χ1) is 3.89. The van der Waals surface area contributed by atoms with Gasteiger partial charge in [0.25, 0.3) is 5.56 Å². The molecular weight excluding hydrogens is 102 g/mol. The number of aromatic nitrogens is 1. The topological polar surface area (TPSA) is 30.0 Å². The molecule has 2 nitrogen and oxygen atoms in total. The summed E-state index contributed by atoms with van der Waals surface area (Å²) in [6.07, 6.45) is 1.47. The Kier molecular flexibility index (Phi) is 1.37. The highest BCUT2D eigenvalue weighted by molar-refractivity contribution is 4.91. The summed E-state index contributed by atoms with van der Waals surface area (Å²) in [5.41, 5.74) is -0.199. The molecule has 1 heterocycles. The lowest BCUT2D eigenvalue weighted by Gasteiger charge is -1.57. The van der Waals surface area contributed by atoms with Crippen molar-refractivity contribution in [1.82, 2.24) is 4.98 Å². The molecule has 0 aliphatic carbocycles. The number of rotatable bonds is 0. The van der Waals surface area contributed by atoms with E-state index in [2.05, 4.69) is 4.98 Å². The molecule has 0 N–H and O–H groups in total. The Morgan fingerprint density at radius 2 is 2.12 bits per heavy atom. The first kappa shape index (κ1) is 4.97. The number of hydrogen-bond acceptors (Lipinski definition) is 2. The van der Waals surface area contributed by atoms with Crippen LogP contribution in [-0.4, -0.2) is 4.98 Å². The van der Waals surface area contributed by atoms with Crippen LogP contribution in [0.5, 0.6) is 0 Å². The predicted molar refractivity (Wildman–Crippen MR) is 30.5 cm³/mol. The molecule has 0 unspecified atom stereocenters. The second-order valence-corrected chi connectivity index (χ2v) is 1.36. The lowest BCUT2D eigenvalue weighted by molar-refractivity contribution is 1.27. The minimum absolute atomic E-state index is 0.199. The standard InChI is InChI=1S/C6H5NO/c8-6-4-2-1-3-5-7-6/h1-5H. The van der Waals surface area contributed by atoms with Gasteiger partial charge in [-0.1, -0.05) is 12.1 Å². The van der Waals surface area contributed by atoms with Crippen molar-refractivity contribution >= 4 is 0 Å². The van der Waals surface area contributed by atoms with E-state index < -0.39 is 0 Å². The van der Waals surface area contributed by atoms with Crippen molar-refractivity contribution in [1.29, 1.82) is 0 Å². The maximum absolute atomic E-state index is 10.4. The summed E-state index contributed by atoms with van der Waals surface area (Å²) in [6, 6.07) is 6.55. The van der Waals surface area contributed by atoms with Gasteiger partial charge in [-0.3, -0.25) is 4.79 Å². The molecule has 0 fully saturated rings. The molecule has 0 radical (unpaired) electrons. The van der Waals surface area contributed by atoms with Gasteiger partial charge in [-0.05, 0) is 6.07 Å². The molecule has 0 aliphatic heterocycles. The van der Waals surface area contributed by atoms with Crippen molar-refractivity contribution in [2.45, 2.75) is 0 Å². The van der Waals surface area contributed by atoms with Crippen molar-refractivity contribution in [2.75, 3.05) is 0 Å². The minimum atomic E-state index is -0.199. The van der Waals surface area contributed by atoms with Crippen molar-refractivity contribution in [3.63, 3.8) is 0 Å². The van der Waals surface area contributed by atoms with Crippen LogP contribution in [0.1, 0.15) is 0 Å². The average molecular weight is 107 g/mol. The van der Waals surface area contributed by atoms with Crippen LogP contribution in [0.15, 0.2) is 35.3 Å². The lowest BCUT2D eigenvalue weighted by atomic mass is 10.5. The quantitative estimate of drug-likeness (QED) is 0.481. The molecule has 1 rings (SSSR count). The Balaban J connectivity index is 3.32. The van der Waals surface area contributed by atoms with Crippen molar-refractivity contribution in [3.8, 4) is 0 Å². The summed E-state index contributed by atoms with van der Waals surface area (Å²) >= 11 is 0. The Bertz CT molecular complexity index is 199. The zero-order chi connectivity index (χ0) is 5.82. The second-order valence-electron chi connectivity index (χ2n) is 1.36. The molecule has 1 aromatic rings. The molecule has 1 aromatic heterocycles. The van der Waals surface area contributed by atoms with Crippen LogP contribution in [0.3, 0.4) is 0 Å². The van der Waals surface area contributed by atoms with Crippen LogP contribution in [0.2, 0.25) is 0 Å². The zero-order valence-electron chi connectivity index (χ0n) is 4.24. The first-order valence-electron chi connectivity index (χ1n) is 2.31. The highest BCUT2D eigenvalue weighted by Crippen LogP contribution is 1.69. The van der Waals surface area contributed by atoms with E-state index in [9.17, 15) is 4.79 Å². The lowest BCUT2D eigenvalue weighted by Crippen LogP contribution is -1.95. The average Bonchev–Trinajstić information content (AvgIpc) is 1.94. The maximum Gasteiger partial charge on any atom is 0.269 e. The molecular formula is C6H5NO. The SMILES string of the molecule is O=c1cccccn1. The molecule has 0 saturated heterocycles. The third kappa shape index (κ3) is 1.15. The largest absolute Gasteiger partial charge is 0.269 e. The van der Waals surface area contributed by atoms with Gasteiger partial charge in [0.1, 0.15) is 0 Å². The normalized spacial score (nSPS) is 8.50. The first-order valence-corrected chi connectivity index (χ1v) is 2.31. The van der Waals surface area contributed by atoms with Crippen LogP contribution in [0, 0.1) is 0 Å². The Morgan fingerprint density at radius 1 is 1.25 bits per heavy atom. The summed E-state index contributed by atoms with van der Waals surface area (Å²) in [6.45, 7) is 0. The Hall–Kier alpha value is -1.18. The van der Waals surface area contributed by atoms with E-state index in [1.807, 2.05) is 0 Å². The Morgan fingerprint density at radius 3 is 3.00 bits per heavy atom. The second kappa shape index (κ2) is 2.21. The van der Waals surface area contributed by atoms with Crippen molar-refractivity contribution < 1.29 is 0 Å². The summed E-state index contributed by atoms with van der Waals surface area (Å²) in [5, 5.41) is 0. The molecule has 0 aliphatic rings. The van der Waals surface area contributed by atoms with E-state index in [4.69, 9.17) is 0 Å². The van der Waals surface area contributed by atoms with Crippen LogP contribution < -0.4 is 5.56 Å². The maximum atomic E-state index is 10.4. The van der Waals surface area contributed by atoms with Gasteiger partial charge in [-0.25, -0.2) is 4.98 Å². The molecule has 8 heavy (non-hydrogen) atoms. The molecule has 0 aromatic carbocycles. The molecule has 0 bridgehead atoms. The fraction of sp³-hybridized carbons (Fsp3) is 0. The van der Waals surface area contributed by atoms with Gasteiger partial charge >= 0.3 is 0 Å². The van der Waals surface area contributed by atoms with Crippen LogP contribution in [-0.2, 0) is 0 Å². The monoisotopic (exact) mass is 107 g/mol. The van der Waals surface area contributed by atoms with E-state index in [0.717, 1.165) is 0 Å². The third-order valence-corrected chi connectivity index (χ3v) is 0.749. The number of nitrogens with zero attached hydrogens (tertiary/aromatic N) is 1. The molecule has 0 atom stereocenters. The van der Waals surface area contributed by atoms with Gasteiger partial charge in [0.05, 0.1) is 0 Å². The fourth-order valence-corrected chi connectivity index (χ4v) is 0.411. The number of hydrogen-bond donors (Lipinski definition) is 0. The van der Waals surface area contributed by atoms with E-state index in [1.165, 1.54) is 12.3 Å². The molecule has 40 valence electrons. The van der Waals surface area contributed by atoms with E-state index in [-0.39, 0.29) is 5.56 Å². The van der Waals surface area contributed by atoms with E-state index >= 15 is 0 Å². The molecule has 0 amide bonds. The van der Waals surface area contributed by atoms with E-state index in [0.29, 0.717) is 0 Å². The van der Waals surface area contributed by atoms with Crippen LogP contribution in [0.25, 0.3) is 0 Å². The van der Waals surface area contributed by atoms with Gasteiger partial charge in [0, 0.05) is 12.3 Å². The molecule has 0 spiro atoms.